The highest BCUT2D eigenvalue weighted by Gasteiger charge is 1.99. The Kier molecular flexibility index (Phi) is 1.47. The lowest BCUT2D eigenvalue weighted by molar-refractivity contribution is 0.834. The van der Waals surface area contributed by atoms with Gasteiger partial charge in [-0.15, -0.1) is 0 Å². The second-order valence-corrected chi connectivity index (χ2v) is 2.35. The molecule has 0 aromatic heterocycles. The number of allylic oxidation sites excluding steroid dienone is 3. The second-order valence-electron chi connectivity index (χ2n) is 2.35. The molecule has 1 heterocycles. The van der Waals surface area contributed by atoms with Crippen molar-refractivity contribution >= 4 is 0 Å². The number of nitrogens with one attached hydrogen (secondary N) is 2. The molecule has 9 heavy (non-hydrogen) atoms. The van der Waals surface area contributed by atoms with Gasteiger partial charge >= 0.3 is 0 Å². The van der Waals surface area contributed by atoms with E-state index in [4.69, 9.17) is 0 Å². The highest BCUT2D eigenvalue weighted by molar-refractivity contribution is 5.19. The molecule has 0 aromatic rings. The van der Waals surface area contributed by atoms with E-state index in [1.165, 1.54) is 11.4 Å². The van der Waals surface area contributed by atoms with E-state index in [0.717, 1.165) is 5.70 Å². The van der Waals surface area contributed by atoms with E-state index >= 15 is 0 Å². The van der Waals surface area contributed by atoms with Crippen LogP contribution in [0.1, 0.15) is 20.8 Å². The fourth-order valence-corrected chi connectivity index (χ4v) is 0.750. The maximum absolute atomic E-state index is 3.21. The molecule has 2 N–H and O–H groups in total. The van der Waals surface area contributed by atoms with Gasteiger partial charge in [-0.3, -0.25) is 0 Å². The zero-order valence-corrected chi connectivity index (χ0v) is 6.08. The molecule has 0 radical (unpaired) electrons. The summed E-state index contributed by atoms with van der Waals surface area (Å²) in [5, 5.41) is 6.34. The van der Waals surface area contributed by atoms with Gasteiger partial charge in [0.2, 0.25) is 0 Å². The van der Waals surface area contributed by atoms with E-state index in [1.807, 2.05) is 20.0 Å². The maximum Gasteiger partial charge on any atom is 0.0310 e. The van der Waals surface area contributed by atoms with Crippen molar-refractivity contribution in [2.24, 2.45) is 0 Å². The van der Waals surface area contributed by atoms with Gasteiger partial charge in [-0.2, -0.15) is 0 Å². The molecule has 0 spiro atoms. The summed E-state index contributed by atoms with van der Waals surface area (Å²) in [6.45, 7) is 6.13. The van der Waals surface area contributed by atoms with Gasteiger partial charge in [0, 0.05) is 23.3 Å². The Morgan fingerprint density at radius 2 is 1.78 bits per heavy atom. The molecule has 0 saturated heterocycles. The van der Waals surface area contributed by atoms with Gasteiger partial charge in [-0.05, 0) is 20.8 Å². The zero-order valence-electron chi connectivity index (χ0n) is 6.08. The lowest BCUT2D eigenvalue weighted by atomic mass is 10.3. The molecule has 1 aliphatic rings. The molecule has 50 valence electrons. The summed E-state index contributed by atoms with van der Waals surface area (Å²) in [4.78, 5) is 0. The third-order valence-corrected chi connectivity index (χ3v) is 1.45. The molecule has 1 aliphatic heterocycles. The van der Waals surface area contributed by atoms with Gasteiger partial charge in [0.1, 0.15) is 0 Å². The maximum atomic E-state index is 3.21. The molecule has 0 aliphatic carbocycles. The Bertz CT molecular complexity index is 177. The average Bonchev–Trinajstić information content (AvgIpc) is 1.80. The first-order valence-electron chi connectivity index (χ1n) is 3.08. The second kappa shape index (κ2) is 2.13. The molecule has 0 aromatic carbocycles. The molecule has 2 nitrogen and oxygen atoms in total. The molecular weight excluding hydrogens is 112 g/mol. The lowest BCUT2D eigenvalue weighted by Crippen LogP contribution is -2.21. The minimum absolute atomic E-state index is 1.16. The molecule has 0 bridgehead atoms. The Hall–Kier alpha value is -0.920. The van der Waals surface area contributed by atoms with Crippen molar-refractivity contribution in [3.8, 4) is 0 Å². The van der Waals surface area contributed by atoms with Crippen molar-refractivity contribution in [1.29, 1.82) is 0 Å². The van der Waals surface area contributed by atoms with Crippen LogP contribution in [-0.4, -0.2) is 0 Å². The fourth-order valence-electron chi connectivity index (χ4n) is 0.750. The van der Waals surface area contributed by atoms with Crippen LogP contribution in [-0.2, 0) is 0 Å². The van der Waals surface area contributed by atoms with E-state index in [0.29, 0.717) is 0 Å². The van der Waals surface area contributed by atoms with Gasteiger partial charge in [0.05, 0.1) is 0 Å². The minimum Gasteiger partial charge on any atom is -0.362 e. The normalized spacial score (nSPS) is 18.3. The van der Waals surface area contributed by atoms with Crippen LogP contribution in [0.3, 0.4) is 0 Å². The molecular formula is C7H12N2. The van der Waals surface area contributed by atoms with Crippen LogP contribution in [0.15, 0.2) is 23.3 Å². The lowest BCUT2D eigenvalue weighted by Gasteiger charge is -2.16. The first-order valence-corrected chi connectivity index (χ1v) is 3.08. The first kappa shape index (κ1) is 6.20. The summed E-state index contributed by atoms with van der Waals surface area (Å²) >= 11 is 0. The minimum atomic E-state index is 1.16. The Morgan fingerprint density at radius 1 is 1.11 bits per heavy atom. The number of hydrogen-bond acceptors (Lipinski definition) is 2. The van der Waals surface area contributed by atoms with E-state index in [1.54, 1.807) is 0 Å². The first-order chi connectivity index (χ1) is 4.20. The predicted octanol–water partition coefficient (Wildman–Crippen LogP) is 1.29. The fraction of sp³-hybridized carbons (Fsp3) is 0.429. The Balaban J connectivity index is 2.70. The van der Waals surface area contributed by atoms with Crippen molar-refractivity contribution in [1.82, 2.24) is 10.6 Å². The van der Waals surface area contributed by atoms with E-state index in [-0.39, 0.29) is 0 Å². The van der Waals surface area contributed by atoms with Gasteiger partial charge in [0.15, 0.2) is 0 Å². The van der Waals surface area contributed by atoms with Gasteiger partial charge in [-0.25, -0.2) is 0 Å². The van der Waals surface area contributed by atoms with Crippen LogP contribution in [0.25, 0.3) is 0 Å². The molecule has 1 rings (SSSR count). The van der Waals surface area contributed by atoms with Crippen LogP contribution in [0.5, 0.6) is 0 Å². The van der Waals surface area contributed by atoms with E-state index < -0.39 is 0 Å². The average molecular weight is 124 g/mol. The third kappa shape index (κ3) is 1.25. The van der Waals surface area contributed by atoms with Crippen molar-refractivity contribution in [3.05, 3.63) is 23.3 Å². The quantitative estimate of drug-likeness (QED) is 0.508. The predicted molar refractivity (Wildman–Crippen MR) is 38.4 cm³/mol. The van der Waals surface area contributed by atoms with Gasteiger partial charge in [0.25, 0.3) is 0 Å². The topological polar surface area (TPSA) is 24.1 Å². The largest absolute Gasteiger partial charge is 0.362 e. The summed E-state index contributed by atoms with van der Waals surface area (Å²) < 4.78 is 0. The highest BCUT2D eigenvalue weighted by atomic mass is 15.0. The summed E-state index contributed by atoms with van der Waals surface area (Å²) in [6.07, 6.45) is 1.96. The molecule has 0 fully saturated rings. The summed E-state index contributed by atoms with van der Waals surface area (Å²) in [7, 11) is 0. The van der Waals surface area contributed by atoms with Crippen LogP contribution < -0.4 is 10.6 Å². The van der Waals surface area contributed by atoms with E-state index in [2.05, 4.69) is 17.6 Å². The monoisotopic (exact) mass is 124 g/mol. The van der Waals surface area contributed by atoms with Crippen molar-refractivity contribution in [2.75, 3.05) is 0 Å². The summed E-state index contributed by atoms with van der Waals surface area (Å²) in [5.41, 5.74) is 3.56. The van der Waals surface area contributed by atoms with Crippen LogP contribution in [0.4, 0.5) is 0 Å². The molecule has 0 unspecified atom stereocenters. The van der Waals surface area contributed by atoms with Crippen LogP contribution >= 0.6 is 0 Å². The van der Waals surface area contributed by atoms with Crippen molar-refractivity contribution < 1.29 is 0 Å². The Morgan fingerprint density at radius 3 is 2.22 bits per heavy atom. The van der Waals surface area contributed by atoms with Gasteiger partial charge in [-0.1, -0.05) is 0 Å². The summed E-state index contributed by atoms with van der Waals surface area (Å²) in [6, 6.07) is 0. The Labute approximate surface area is 55.6 Å². The summed E-state index contributed by atoms with van der Waals surface area (Å²) in [5.74, 6) is 0. The van der Waals surface area contributed by atoms with Crippen LogP contribution in [0.2, 0.25) is 0 Å². The number of rotatable bonds is 0. The van der Waals surface area contributed by atoms with Gasteiger partial charge < -0.3 is 10.6 Å². The third-order valence-electron chi connectivity index (χ3n) is 1.45. The zero-order chi connectivity index (χ0) is 6.85. The molecule has 0 atom stereocenters. The molecule has 0 amide bonds. The molecule has 2 heteroatoms. The smallest absolute Gasteiger partial charge is 0.0310 e. The highest BCUT2D eigenvalue weighted by Crippen LogP contribution is 2.03. The van der Waals surface area contributed by atoms with Crippen molar-refractivity contribution in [2.45, 2.75) is 20.8 Å². The standard InChI is InChI=1S/C7H12N2/c1-5-4-8-6(2)7(3)9-5/h4,8-9H,1-3H3. The number of hydrogen-bond donors (Lipinski definition) is 2. The van der Waals surface area contributed by atoms with Crippen molar-refractivity contribution in [3.63, 3.8) is 0 Å². The SMILES string of the molecule is CC1=CNC(C)=C(C)N1. The van der Waals surface area contributed by atoms with Crippen LogP contribution in [0, 0.1) is 0 Å². The molecule has 0 saturated carbocycles. The van der Waals surface area contributed by atoms with E-state index in [9.17, 15) is 0 Å².